The Morgan fingerprint density at radius 3 is 2.36 bits per heavy atom. The summed E-state index contributed by atoms with van der Waals surface area (Å²) >= 11 is 0. The van der Waals surface area contributed by atoms with Gasteiger partial charge in [-0.15, -0.1) is 12.4 Å². The van der Waals surface area contributed by atoms with E-state index in [4.69, 9.17) is 5.73 Å². The van der Waals surface area contributed by atoms with Crippen molar-refractivity contribution in [1.82, 2.24) is 10.3 Å². The van der Waals surface area contributed by atoms with E-state index < -0.39 is 0 Å². The molecule has 148 valence electrons. The molecule has 1 atom stereocenters. The molecule has 1 saturated heterocycles. The number of guanidine groups is 1. The molecule has 0 bridgehead atoms. The summed E-state index contributed by atoms with van der Waals surface area (Å²) in [7, 11) is 0. The van der Waals surface area contributed by atoms with Crippen LogP contribution in [0, 0.1) is 0 Å². The molecule has 0 spiro atoms. The number of likely N-dealkylation sites (tertiary alicyclic amines) is 1. The number of carbonyl (C=O) groups excluding carboxylic acids is 1. The van der Waals surface area contributed by atoms with Gasteiger partial charge in [0.2, 0.25) is 5.96 Å². The molecule has 0 radical (unpaired) electrons. The summed E-state index contributed by atoms with van der Waals surface area (Å²) in [6, 6.07) is 17.3. The van der Waals surface area contributed by atoms with Crippen molar-refractivity contribution in [3.63, 3.8) is 0 Å². The monoisotopic (exact) mass is 399 g/mol. The van der Waals surface area contributed by atoms with Gasteiger partial charge in [-0.05, 0) is 25.3 Å². The summed E-state index contributed by atoms with van der Waals surface area (Å²) in [4.78, 5) is 17.6. The second-order valence-corrected chi connectivity index (χ2v) is 6.58. The summed E-state index contributed by atoms with van der Waals surface area (Å²) in [5.74, 6) is 1.09. The van der Waals surface area contributed by atoms with E-state index in [2.05, 4.69) is 20.4 Å². The number of nitrogens with zero attached hydrogens (tertiary/aromatic N) is 3. The van der Waals surface area contributed by atoms with E-state index in [1.165, 1.54) is 0 Å². The molecular formula is C21H26ClN5O. The lowest BCUT2D eigenvalue weighted by atomic mass is 10.1. The topological polar surface area (TPSA) is 83.1 Å². The molecule has 1 unspecified atom stereocenters. The Bertz CT molecular complexity index is 814. The molecule has 0 amide bonds. The number of benzene rings is 2. The van der Waals surface area contributed by atoms with Crippen LogP contribution in [0.3, 0.4) is 0 Å². The Morgan fingerprint density at radius 2 is 1.75 bits per heavy atom. The second kappa shape index (κ2) is 10.5. The van der Waals surface area contributed by atoms with Crippen LogP contribution in [-0.4, -0.2) is 36.1 Å². The SMILES string of the molecule is CC(N=C(N)NN=C(c1ccc(C=O)cc1)N1CCCC1)c1ccccc1.Cl. The summed E-state index contributed by atoms with van der Waals surface area (Å²) in [6.07, 6.45) is 3.12. The first-order chi connectivity index (χ1) is 13.2. The number of halogens is 1. The van der Waals surface area contributed by atoms with Crippen LogP contribution in [0.25, 0.3) is 0 Å². The number of hydrazone groups is 1. The number of rotatable bonds is 5. The summed E-state index contributed by atoms with van der Waals surface area (Å²) in [5.41, 5.74) is 11.6. The average molecular weight is 400 g/mol. The first-order valence-corrected chi connectivity index (χ1v) is 9.20. The fourth-order valence-corrected chi connectivity index (χ4v) is 3.11. The van der Waals surface area contributed by atoms with Gasteiger partial charge in [-0.1, -0.05) is 54.6 Å². The maximum absolute atomic E-state index is 10.9. The van der Waals surface area contributed by atoms with Crippen LogP contribution in [0.15, 0.2) is 64.7 Å². The van der Waals surface area contributed by atoms with Crippen molar-refractivity contribution < 1.29 is 4.79 Å². The summed E-state index contributed by atoms with van der Waals surface area (Å²) in [5, 5.41) is 4.53. The van der Waals surface area contributed by atoms with Crippen molar-refractivity contribution in [2.75, 3.05) is 13.1 Å². The van der Waals surface area contributed by atoms with Gasteiger partial charge in [0.05, 0.1) is 6.04 Å². The predicted molar refractivity (Wildman–Crippen MR) is 116 cm³/mol. The number of nitrogens with one attached hydrogen (secondary N) is 1. The molecule has 0 aliphatic carbocycles. The molecule has 3 N–H and O–H groups in total. The lowest BCUT2D eigenvalue weighted by Gasteiger charge is -2.20. The van der Waals surface area contributed by atoms with Gasteiger partial charge in [0, 0.05) is 24.2 Å². The first-order valence-electron chi connectivity index (χ1n) is 9.20. The van der Waals surface area contributed by atoms with Crippen molar-refractivity contribution in [3.05, 3.63) is 71.3 Å². The maximum atomic E-state index is 10.9. The minimum absolute atomic E-state index is 0. The first kappa shape index (κ1) is 21.4. The molecule has 28 heavy (non-hydrogen) atoms. The van der Waals surface area contributed by atoms with Gasteiger partial charge in [-0.2, -0.15) is 5.10 Å². The molecule has 1 aliphatic heterocycles. The third-order valence-electron chi connectivity index (χ3n) is 4.60. The lowest BCUT2D eigenvalue weighted by Crippen LogP contribution is -2.34. The predicted octanol–water partition coefficient (Wildman–Crippen LogP) is 3.34. The molecule has 6 nitrogen and oxygen atoms in total. The van der Waals surface area contributed by atoms with Gasteiger partial charge in [0.1, 0.15) is 6.29 Å². The smallest absolute Gasteiger partial charge is 0.210 e. The largest absolute Gasteiger partial charge is 0.369 e. The van der Waals surface area contributed by atoms with Crippen LogP contribution in [-0.2, 0) is 0 Å². The van der Waals surface area contributed by atoms with E-state index in [9.17, 15) is 4.79 Å². The molecule has 7 heteroatoms. The highest BCUT2D eigenvalue weighted by atomic mass is 35.5. The van der Waals surface area contributed by atoms with Gasteiger partial charge in [-0.3, -0.25) is 4.79 Å². The number of amidine groups is 1. The third kappa shape index (κ3) is 5.57. The summed E-state index contributed by atoms with van der Waals surface area (Å²) in [6.45, 7) is 3.90. The Kier molecular flexibility index (Phi) is 8.02. The fraction of sp³-hybridized carbons (Fsp3) is 0.286. The molecule has 1 aliphatic rings. The van der Waals surface area contributed by atoms with Crippen LogP contribution in [0.4, 0.5) is 0 Å². The minimum Gasteiger partial charge on any atom is -0.369 e. The van der Waals surface area contributed by atoms with Crippen molar-refractivity contribution in [1.29, 1.82) is 0 Å². The Hall–Kier alpha value is -2.86. The van der Waals surface area contributed by atoms with E-state index in [1.54, 1.807) is 12.1 Å². The average Bonchev–Trinajstić information content (AvgIpc) is 3.24. The van der Waals surface area contributed by atoms with Crippen LogP contribution in [0.5, 0.6) is 0 Å². The molecule has 3 rings (SSSR count). The Balaban J connectivity index is 0.00000280. The van der Waals surface area contributed by atoms with Gasteiger partial charge in [0.15, 0.2) is 5.84 Å². The minimum atomic E-state index is -0.0592. The molecular weight excluding hydrogens is 374 g/mol. The lowest BCUT2D eigenvalue weighted by molar-refractivity contribution is 0.112. The standard InChI is InChI=1S/C21H25N5O.ClH/c1-16(18-7-3-2-4-8-18)23-21(22)25-24-20(26-13-5-6-14-26)19-11-9-17(15-27)10-12-19;/h2-4,7-12,15-16H,5-6,13-14H2,1H3,(H3,22,23,25);1H. The molecule has 0 saturated carbocycles. The van der Waals surface area contributed by atoms with Crippen molar-refractivity contribution >= 4 is 30.5 Å². The zero-order valence-electron chi connectivity index (χ0n) is 15.9. The quantitative estimate of drug-likeness (QED) is 0.349. The van der Waals surface area contributed by atoms with Crippen LogP contribution < -0.4 is 11.2 Å². The highest BCUT2D eigenvalue weighted by Crippen LogP contribution is 2.16. The summed E-state index contributed by atoms with van der Waals surface area (Å²) < 4.78 is 0. The van der Waals surface area contributed by atoms with Crippen molar-refractivity contribution in [2.45, 2.75) is 25.8 Å². The molecule has 2 aromatic rings. The van der Waals surface area contributed by atoms with E-state index >= 15 is 0 Å². The van der Waals surface area contributed by atoms with E-state index in [0.29, 0.717) is 5.56 Å². The van der Waals surface area contributed by atoms with E-state index in [0.717, 1.165) is 49.2 Å². The van der Waals surface area contributed by atoms with E-state index in [1.807, 2.05) is 49.4 Å². The fourth-order valence-electron chi connectivity index (χ4n) is 3.11. The number of aliphatic imine (C=N–C) groups is 1. The van der Waals surface area contributed by atoms with Crippen LogP contribution in [0.1, 0.15) is 47.3 Å². The number of aldehydes is 1. The normalized spacial score (nSPS) is 15.7. The van der Waals surface area contributed by atoms with Gasteiger partial charge in [-0.25, -0.2) is 10.4 Å². The zero-order valence-corrected chi connectivity index (χ0v) is 16.7. The van der Waals surface area contributed by atoms with E-state index in [-0.39, 0.29) is 24.4 Å². The molecule has 1 heterocycles. The van der Waals surface area contributed by atoms with Crippen LogP contribution >= 0.6 is 12.4 Å². The third-order valence-corrected chi connectivity index (χ3v) is 4.60. The highest BCUT2D eigenvalue weighted by molar-refractivity contribution is 6.00. The van der Waals surface area contributed by atoms with Crippen molar-refractivity contribution in [3.8, 4) is 0 Å². The van der Waals surface area contributed by atoms with Crippen LogP contribution in [0.2, 0.25) is 0 Å². The van der Waals surface area contributed by atoms with Gasteiger partial charge < -0.3 is 10.6 Å². The number of nitrogens with two attached hydrogens (primary N) is 1. The Labute approximate surface area is 171 Å². The van der Waals surface area contributed by atoms with Gasteiger partial charge in [0.25, 0.3) is 0 Å². The van der Waals surface area contributed by atoms with Gasteiger partial charge >= 0.3 is 0 Å². The molecule has 1 fully saturated rings. The highest BCUT2D eigenvalue weighted by Gasteiger charge is 2.18. The number of hydrogen-bond acceptors (Lipinski definition) is 3. The Morgan fingerprint density at radius 1 is 1.11 bits per heavy atom. The second-order valence-electron chi connectivity index (χ2n) is 6.58. The number of hydrogen-bond donors (Lipinski definition) is 2. The van der Waals surface area contributed by atoms with Crippen molar-refractivity contribution in [2.24, 2.45) is 15.8 Å². The molecule has 0 aromatic heterocycles. The maximum Gasteiger partial charge on any atom is 0.210 e. The number of carbonyl (C=O) groups is 1. The zero-order chi connectivity index (χ0) is 19.1. The molecule has 2 aromatic carbocycles.